The second-order valence-electron chi connectivity index (χ2n) is 4.78. The number of nitrogens with one attached hydrogen (secondary N) is 1. The molecular weight excluding hydrogens is 232 g/mol. The third kappa shape index (κ3) is 2.98. The van der Waals surface area contributed by atoms with Crippen LogP contribution in [0, 0.1) is 0 Å². The lowest BCUT2D eigenvalue weighted by atomic mass is 9.97. The molecule has 5 heteroatoms. The summed E-state index contributed by atoms with van der Waals surface area (Å²) in [7, 11) is 0. The predicted molar refractivity (Wildman–Crippen MR) is 68.6 cm³/mol. The van der Waals surface area contributed by atoms with E-state index in [-0.39, 0.29) is 11.7 Å². The molecule has 2 heterocycles. The molecule has 2 atom stereocenters. The lowest BCUT2D eigenvalue weighted by Crippen LogP contribution is -2.46. The third-order valence-electron chi connectivity index (χ3n) is 3.52. The molecule has 2 unspecified atom stereocenters. The monoisotopic (exact) mass is 252 g/mol. The summed E-state index contributed by atoms with van der Waals surface area (Å²) in [6.45, 7) is 4.24. The number of pyridine rings is 1. The Morgan fingerprint density at radius 2 is 2.44 bits per heavy atom. The second kappa shape index (κ2) is 5.65. The topological polar surface area (TPSA) is 63.5 Å². The van der Waals surface area contributed by atoms with E-state index in [0.29, 0.717) is 32.7 Å². The molecule has 0 bridgehead atoms. The Bertz CT molecular complexity index is 446. The average Bonchev–Trinajstić information content (AvgIpc) is 2.68. The Morgan fingerprint density at radius 3 is 3.11 bits per heavy atom. The van der Waals surface area contributed by atoms with Gasteiger partial charge in [0.15, 0.2) is 0 Å². The zero-order chi connectivity index (χ0) is 13.0. The van der Waals surface area contributed by atoms with E-state index in [2.05, 4.69) is 5.32 Å². The molecule has 1 aromatic heterocycles. The molecule has 1 aliphatic heterocycles. The first kappa shape index (κ1) is 13.3. The highest BCUT2D eigenvalue weighted by Gasteiger charge is 2.38. The van der Waals surface area contributed by atoms with Gasteiger partial charge in [-0.15, -0.1) is 0 Å². The Kier molecular flexibility index (Phi) is 4.16. The second-order valence-corrected chi connectivity index (χ2v) is 4.78. The Hall–Kier alpha value is -1.17. The van der Waals surface area contributed by atoms with Gasteiger partial charge in [0, 0.05) is 44.9 Å². The van der Waals surface area contributed by atoms with Crippen LogP contribution in [-0.4, -0.2) is 41.1 Å². The van der Waals surface area contributed by atoms with Crippen molar-refractivity contribution in [2.24, 2.45) is 0 Å². The fourth-order valence-corrected chi connectivity index (χ4v) is 2.15. The van der Waals surface area contributed by atoms with Gasteiger partial charge in [0.25, 0.3) is 5.56 Å². The summed E-state index contributed by atoms with van der Waals surface area (Å²) in [4.78, 5) is 11.5. The van der Waals surface area contributed by atoms with Crippen LogP contribution in [-0.2, 0) is 11.3 Å². The van der Waals surface area contributed by atoms with E-state index in [9.17, 15) is 9.90 Å². The minimum absolute atomic E-state index is 0.00409. The van der Waals surface area contributed by atoms with Gasteiger partial charge in [-0.2, -0.15) is 0 Å². The van der Waals surface area contributed by atoms with Crippen LogP contribution in [0.3, 0.4) is 0 Å². The number of rotatable bonds is 5. The SMILES string of the molecule is CC1OCCC1(O)CNCCn1ccccc1=O. The van der Waals surface area contributed by atoms with Crippen LogP contribution >= 0.6 is 0 Å². The van der Waals surface area contributed by atoms with E-state index >= 15 is 0 Å². The van der Waals surface area contributed by atoms with Crippen LogP contribution in [0.1, 0.15) is 13.3 Å². The molecule has 0 radical (unpaired) electrons. The van der Waals surface area contributed by atoms with Gasteiger partial charge in [0.05, 0.1) is 6.10 Å². The molecule has 0 aliphatic carbocycles. The summed E-state index contributed by atoms with van der Waals surface area (Å²) in [5.74, 6) is 0. The van der Waals surface area contributed by atoms with Gasteiger partial charge >= 0.3 is 0 Å². The van der Waals surface area contributed by atoms with Gasteiger partial charge in [-0.05, 0) is 13.0 Å². The molecule has 0 saturated carbocycles. The average molecular weight is 252 g/mol. The zero-order valence-electron chi connectivity index (χ0n) is 10.6. The van der Waals surface area contributed by atoms with Crippen LogP contribution in [0.5, 0.6) is 0 Å². The quantitative estimate of drug-likeness (QED) is 0.723. The first-order valence-electron chi connectivity index (χ1n) is 6.32. The van der Waals surface area contributed by atoms with Gasteiger partial charge < -0.3 is 19.7 Å². The smallest absolute Gasteiger partial charge is 0.250 e. The Balaban J connectivity index is 1.77. The molecule has 18 heavy (non-hydrogen) atoms. The van der Waals surface area contributed by atoms with Gasteiger partial charge in [0.1, 0.15) is 5.60 Å². The Morgan fingerprint density at radius 1 is 1.61 bits per heavy atom. The molecule has 2 rings (SSSR count). The van der Waals surface area contributed by atoms with E-state index < -0.39 is 5.60 Å². The van der Waals surface area contributed by atoms with Crippen molar-refractivity contribution in [1.82, 2.24) is 9.88 Å². The van der Waals surface area contributed by atoms with Crippen LogP contribution in [0.25, 0.3) is 0 Å². The summed E-state index contributed by atoms with van der Waals surface area (Å²) in [6.07, 6.45) is 2.29. The maximum Gasteiger partial charge on any atom is 0.250 e. The number of aliphatic hydroxyl groups is 1. The molecule has 1 aliphatic rings. The largest absolute Gasteiger partial charge is 0.386 e. The molecular formula is C13H20N2O3. The molecule has 5 nitrogen and oxygen atoms in total. The number of nitrogens with zero attached hydrogens (tertiary/aromatic N) is 1. The molecule has 100 valence electrons. The number of hydrogen-bond donors (Lipinski definition) is 2. The van der Waals surface area contributed by atoms with Crippen molar-refractivity contribution in [2.75, 3.05) is 19.7 Å². The first-order chi connectivity index (χ1) is 8.62. The predicted octanol–water partition coefficient (Wildman–Crippen LogP) is -0.0222. The summed E-state index contributed by atoms with van der Waals surface area (Å²) in [5, 5.41) is 13.4. The van der Waals surface area contributed by atoms with Crippen molar-refractivity contribution in [3.63, 3.8) is 0 Å². The van der Waals surface area contributed by atoms with Gasteiger partial charge in [-0.25, -0.2) is 0 Å². The van der Waals surface area contributed by atoms with Crippen molar-refractivity contribution in [3.05, 3.63) is 34.7 Å². The number of aromatic nitrogens is 1. The molecule has 2 N–H and O–H groups in total. The number of ether oxygens (including phenoxy) is 1. The van der Waals surface area contributed by atoms with Crippen LogP contribution in [0.2, 0.25) is 0 Å². The van der Waals surface area contributed by atoms with Crippen molar-refractivity contribution < 1.29 is 9.84 Å². The van der Waals surface area contributed by atoms with E-state index in [1.807, 2.05) is 13.0 Å². The highest BCUT2D eigenvalue weighted by Crippen LogP contribution is 2.24. The van der Waals surface area contributed by atoms with Crippen LogP contribution in [0.15, 0.2) is 29.2 Å². The van der Waals surface area contributed by atoms with Crippen LogP contribution < -0.4 is 10.9 Å². The first-order valence-corrected chi connectivity index (χ1v) is 6.32. The van der Waals surface area contributed by atoms with Crippen molar-refractivity contribution in [1.29, 1.82) is 0 Å². The van der Waals surface area contributed by atoms with E-state index in [0.717, 1.165) is 0 Å². The molecule has 1 aromatic rings. The maximum atomic E-state index is 11.5. The van der Waals surface area contributed by atoms with Gasteiger partial charge in [-0.3, -0.25) is 4.79 Å². The van der Waals surface area contributed by atoms with Crippen molar-refractivity contribution in [2.45, 2.75) is 31.6 Å². The highest BCUT2D eigenvalue weighted by molar-refractivity contribution is 4.94. The van der Waals surface area contributed by atoms with E-state index in [1.165, 1.54) is 0 Å². The molecule has 1 fully saturated rings. The molecule has 0 amide bonds. The highest BCUT2D eigenvalue weighted by atomic mass is 16.5. The molecule has 1 saturated heterocycles. The Labute approximate surface area is 106 Å². The van der Waals surface area contributed by atoms with Gasteiger partial charge in [-0.1, -0.05) is 6.07 Å². The lowest BCUT2D eigenvalue weighted by Gasteiger charge is -2.26. The summed E-state index contributed by atoms with van der Waals surface area (Å²) in [5.41, 5.74) is -0.780. The number of hydrogen-bond acceptors (Lipinski definition) is 4. The minimum Gasteiger partial charge on any atom is -0.386 e. The molecule has 0 aromatic carbocycles. The zero-order valence-corrected chi connectivity index (χ0v) is 10.6. The standard InChI is InChI=1S/C13H20N2O3/c1-11-13(17,5-9-18-11)10-14-6-8-15-7-3-2-4-12(15)16/h2-4,7,11,14,17H,5-6,8-10H2,1H3. The third-order valence-corrected chi connectivity index (χ3v) is 3.52. The fourth-order valence-electron chi connectivity index (χ4n) is 2.15. The fraction of sp³-hybridized carbons (Fsp3) is 0.615. The summed E-state index contributed by atoms with van der Waals surface area (Å²) >= 11 is 0. The van der Waals surface area contributed by atoms with E-state index in [1.54, 1.807) is 22.9 Å². The lowest BCUT2D eigenvalue weighted by molar-refractivity contribution is -0.0260. The van der Waals surface area contributed by atoms with Crippen LogP contribution in [0.4, 0.5) is 0 Å². The summed E-state index contributed by atoms with van der Waals surface area (Å²) < 4.78 is 7.00. The molecule has 0 spiro atoms. The normalized spacial score (nSPS) is 27.6. The minimum atomic E-state index is -0.776. The van der Waals surface area contributed by atoms with Gasteiger partial charge in [0.2, 0.25) is 0 Å². The van der Waals surface area contributed by atoms with E-state index in [4.69, 9.17) is 4.74 Å². The maximum absolute atomic E-state index is 11.5. The van der Waals surface area contributed by atoms with Crippen molar-refractivity contribution in [3.8, 4) is 0 Å². The summed E-state index contributed by atoms with van der Waals surface area (Å²) in [6, 6.07) is 5.11. The van der Waals surface area contributed by atoms with Crippen molar-refractivity contribution >= 4 is 0 Å².